The van der Waals surface area contributed by atoms with Crippen molar-refractivity contribution < 1.29 is 51.6 Å². The average Bonchev–Trinajstić information content (AvgIpc) is 3.43. The monoisotopic (exact) mass is 642 g/mol. The second-order valence-electron chi connectivity index (χ2n) is 10.9. The summed E-state index contributed by atoms with van der Waals surface area (Å²) >= 11 is 0. The third-order valence-electron chi connectivity index (χ3n) is 8.02. The predicted octanol–water partition coefficient (Wildman–Crippen LogP) is 3.67. The fourth-order valence-electron chi connectivity index (χ4n) is 5.85. The topological polar surface area (TPSA) is 125 Å². The number of ether oxygens (including phenoxy) is 2. The Kier molecular flexibility index (Phi) is 9.44. The van der Waals surface area contributed by atoms with Crippen LogP contribution in [0.4, 0.5) is 17.6 Å². The molecule has 0 aromatic heterocycles. The van der Waals surface area contributed by atoms with Crippen LogP contribution in [-0.4, -0.2) is 78.3 Å². The van der Waals surface area contributed by atoms with Crippen molar-refractivity contribution in [2.45, 2.75) is 36.8 Å². The van der Waals surface area contributed by atoms with E-state index in [2.05, 4.69) is 5.32 Å². The Bertz CT molecular complexity index is 1660. The number of carbonyl (C=O) groups is 3. The van der Waals surface area contributed by atoms with Crippen LogP contribution in [0.5, 0.6) is 11.5 Å². The van der Waals surface area contributed by atoms with Crippen LogP contribution in [0.3, 0.4) is 0 Å². The van der Waals surface area contributed by atoms with E-state index in [9.17, 15) is 42.2 Å². The normalized spacial score (nSPS) is 20.1. The van der Waals surface area contributed by atoms with Crippen LogP contribution in [0.25, 0.3) is 0 Å². The largest absolute Gasteiger partial charge is 0.493 e. The molecule has 5 rings (SSSR count). The van der Waals surface area contributed by atoms with Gasteiger partial charge in [0.1, 0.15) is 24.3 Å². The molecule has 0 bridgehead atoms. The summed E-state index contributed by atoms with van der Waals surface area (Å²) in [6.45, 7) is -0.614. The number of fused-ring (bicyclic) bond motifs is 3. The number of hydrogen-bond donors (Lipinski definition) is 3. The van der Waals surface area contributed by atoms with Crippen molar-refractivity contribution in [2.75, 3.05) is 26.8 Å². The quantitative estimate of drug-likeness (QED) is 0.228. The van der Waals surface area contributed by atoms with Crippen molar-refractivity contribution >= 4 is 18.1 Å². The van der Waals surface area contributed by atoms with Crippen LogP contribution in [-0.2, 0) is 17.4 Å². The Labute approximate surface area is 261 Å². The molecule has 4 atom stereocenters. The maximum Gasteiger partial charge on any atom is 0.416 e. The summed E-state index contributed by atoms with van der Waals surface area (Å²) in [5.74, 6) is -2.46. The molecule has 1 aliphatic heterocycles. The van der Waals surface area contributed by atoms with E-state index in [1.807, 2.05) is 0 Å². The zero-order valence-electron chi connectivity index (χ0n) is 24.5. The van der Waals surface area contributed by atoms with Gasteiger partial charge in [-0.1, -0.05) is 12.1 Å². The van der Waals surface area contributed by atoms with Crippen molar-refractivity contribution in [1.82, 2.24) is 10.2 Å². The fourth-order valence-corrected chi connectivity index (χ4v) is 5.85. The van der Waals surface area contributed by atoms with Gasteiger partial charge in [0.2, 0.25) is 5.91 Å². The molecule has 1 heterocycles. The second-order valence-corrected chi connectivity index (χ2v) is 10.9. The lowest BCUT2D eigenvalue weighted by molar-refractivity contribution is -0.137. The maximum absolute atomic E-state index is 14.0. The summed E-state index contributed by atoms with van der Waals surface area (Å²) in [5, 5.41) is 23.7. The number of nitrogens with zero attached hydrogens (tertiary/aromatic N) is 1. The molecule has 0 unspecified atom stereocenters. The van der Waals surface area contributed by atoms with Gasteiger partial charge in [0.25, 0.3) is 5.91 Å². The van der Waals surface area contributed by atoms with Crippen molar-refractivity contribution in [3.63, 3.8) is 0 Å². The first kappa shape index (κ1) is 32.6. The molecule has 242 valence electrons. The lowest BCUT2D eigenvalue weighted by atomic mass is 9.77. The number of hydrogen-bond acceptors (Lipinski definition) is 7. The van der Waals surface area contributed by atoms with Gasteiger partial charge in [-0.2, -0.15) is 13.2 Å². The van der Waals surface area contributed by atoms with Gasteiger partial charge >= 0.3 is 6.18 Å². The van der Waals surface area contributed by atoms with Gasteiger partial charge in [0.15, 0.2) is 11.5 Å². The van der Waals surface area contributed by atoms with Gasteiger partial charge in [-0.15, -0.1) is 0 Å². The summed E-state index contributed by atoms with van der Waals surface area (Å²) in [6, 6.07) is 10.9. The molecule has 3 N–H and O–H groups in total. The first-order valence-corrected chi connectivity index (χ1v) is 14.3. The standard InChI is InChI=1S/C33H30F4N2O7/c1-45-26-15-19(17-41)14-23-27-24(31(43)38-10-12-40)16-25(28(42)30(27)46-29(23)26)39(11-9-18-3-2-4-22(34)13-18)32(44)20-5-7-21(8-6-20)33(35,36)37/h2-8,13-17,25,27-28,30,40,42H,9-12H2,1H3,(H,38,43)/t25-,27+,28+,30+/m1/s1. The SMILES string of the molecule is COc1cc(C=O)cc2c1O[C@@H]1[C@@H](O)[C@H](N(CCc3cccc(F)c3)C(=O)c3ccc(C(F)(F)F)cc3)C=C(C(=O)NCCO)[C@H]21. The molecule has 9 nitrogen and oxygen atoms in total. The third kappa shape index (κ3) is 6.46. The Morgan fingerprint density at radius 1 is 1.11 bits per heavy atom. The average molecular weight is 643 g/mol. The Morgan fingerprint density at radius 2 is 1.85 bits per heavy atom. The molecule has 0 fully saturated rings. The van der Waals surface area contributed by atoms with E-state index in [-0.39, 0.29) is 54.3 Å². The number of methoxy groups -OCH3 is 1. The minimum atomic E-state index is -4.63. The van der Waals surface area contributed by atoms with Crippen LogP contribution in [0.2, 0.25) is 0 Å². The van der Waals surface area contributed by atoms with Crippen LogP contribution >= 0.6 is 0 Å². The Balaban J connectivity index is 1.60. The van der Waals surface area contributed by atoms with E-state index in [0.29, 0.717) is 17.4 Å². The number of halogens is 4. The van der Waals surface area contributed by atoms with E-state index >= 15 is 0 Å². The van der Waals surface area contributed by atoms with E-state index in [0.717, 1.165) is 24.3 Å². The molecule has 0 saturated carbocycles. The molecule has 0 spiro atoms. The summed E-state index contributed by atoms with van der Waals surface area (Å²) in [6.07, 6.45) is -5.21. The number of carbonyl (C=O) groups excluding carboxylic acids is 3. The molecule has 0 saturated heterocycles. The molecule has 3 aromatic rings. The number of aliphatic hydroxyl groups excluding tert-OH is 2. The predicted molar refractivity (Wildman–Crippen MR) is 156 cm³/mol. The van der Waals surface area contributed by atoms with Gasteiger partial charge in [-0.05, 0) is 66.6 Å². The van der Waals surface area contributed by atoms with Crippen molar-refractivity contribution in [3.05, 3.63) is 106 Å². The first-order chi connectivity index (χ1) is 22.0. The molecular formula is C33H30F4N2O7. The number of benzene rings is 3. The fraction of sp³-hybridized carbons (Fsp3) is 0.303. The van der Waals surface area contributed by atoms with E-state index in [1.165, 1.54) is 48.4 Å². The summed E-state index contributed by atoms with van der Waals surface area (Å²) < 4.78 is 65.3. The van der Waals surface area contributed by atoms with Crippen LogP contribution in [0.1, 0.15) is 43.3 Å². The number of alkyl halides is 3. The highest BCUT2D eigenvalue weighted by atomic mass is 19.4. The number of rotatable bonds is 10. The number of amides is 2. The first-order valence-electron chi connectivity index (χ1n) is 14.3. The molecule has 2 amide bonds. The zero-order chi connectivity index (χ0) is 33.2. The molecule has 1 aliphatic carbocycles. The number of aldehydes is 1. The smallest absolute Gasteiger partial charge is 0.416 e. The van der Waals surface area contributed by atoms with Crippen LogP contribution in [0, 0.1) is 5.82 Å². The highest BCUT2D eigenvalue weighted by Gasteiger charge is 2.51. The van der Waals surface area contributed by atoms with E-state index in [1.54, 1.807) is 6.07 Å². The van der Waals surface area contributed by atoms with Gasteiger partial charge in [-0.3, -0.25) is 14.4 Å². The molecular weight excluding hydrogens is 612 g/mol. The molecule has 46 heavy (non-hydrogen) atoms. The highest BCUT2D eigenvalue weighted by Crippen LogP contribution is 2.51. The lowest BCUT2D eigenvalue weighted by Gasteiger charge is -2.40. The van der Waals surface area contributed by atoms with Crippen LogP contribution < -0.4 is 14.8 Å². The van der Waals surface area contributed by atoms with Crippen molar-refractivity contribution in [2.24, 2.45) is 0 Å². The zero-order valence-corrected chi connectivity index (χ0v) is 24.5. The highest BCUT2D eigenvalue weighted by molar-refractivity contribution is 5.98. The van der Waals surface area contributed by atoms with E-state index in [4.69, 9.17) is 9.47 Å². The van der Waals surface area contributed by atoms with E-state index < -0.39 is 53.5 Å². The molecule has 0 radical (unpaired) electrons. The minimum absolute atomic E-state index is 0.0635. The lowest BCUT2D eigenvalue weighted by Crippen LogP contribution is -2.56. The van der Waals surface area contributed by atoms with Gasteiger partial charge < -0.3 is 29.9 Å². The number of aliphatic hydroxyl groups is 2. The van der Waals surface area contributed by atoms with Gasteiger partial charge in [0.05, 0.1) is 31.2 Å². The van der Waals surface area contributed by atoms with Crippen molar-refractivity contribution in [3.8, 4) is 11.5 Å². The molecule has 2 aliphatic rings. The number of nitrogens with one attached hydrogen (secondary N) is 1. The summed E-state index contributed by atoms with van der Waals surface area (Å²) in [7, 11) is 1.36. The summed E-state index contributed by atoms with van der Waals surface area (Å²) in [4.78, 5) is 40.4. The van der Waals surface area contributed by atoms with Crippen molar-refractivity contribution in [1.29, 1.82) is 0 Å². The second kappa shape index (κ2) is 13.3. The van der Waals surface area contributed by atoms with Gasteiger partial charge in [-0.25, -0.2) is 4.39 Å². The Hall–Kier alpha value is -4.75. The van der Waals surface area contributed by atoms with Crippen LogP contribution in [0.15, 0.2) is 72.3 Å². The Morgan fingerprint density at radius 3 is 2.48 bits per heavy atom. The maximum atomic E-state index is 14.0. The summed E-state index contributed by atoms with van der Waals surface area (Å²) in [5.41, 5.74) is 0.103. The third-order valence-corrected chi connectivity index (χ3v) is 8.02. The molecule has 13 heteroatoms. The molecule has 3 aromatic carbocycles. The minimum Gasteiger partial charge on any atom is -0.493 e. The van der Waals surface area contributed by atoms with Gasteiger partial charge in [0, 0.05) is 35.4 Å².